The van der Waals surface area contributed by atoms with Crippen molar-refractivity contribution in [3.8, 4) is 0 Å². The molecule has 0 spiro atoms. The topological polar surface area (TPSA) is 74.3 Å². The lowest BCUT2D eigenvalue weighted by atomic mass is 9.76. The minimum absolute atomic E-state index is 0.0610. The fourth-order valence-corrected chi connectivity index (χ4v) is 4.33. The summed E-state index contributed by atoms with van der Waals surface area (Å²) >= 11 is 0. The maximum atomic E-state index is 13.2. The molecule has 1 amide bonds. The Balaban J connectivity index is 2.49. The third-order valence-electron chi connectivity index (χ3n) is 5.87. The van der Waals surface area contributed by atoms with Crippen LogP contribution in [0.4, 0.5) is 4.79 Å². The van der Waals surface area contributed by atoms with Crippen molar-refractivity contribution in [2.45, 2.75) is 97.2 Å². The van der Waals surface area contributed by atoms with Crippen LogP contribution in [-0.2, 0) is 23.5 Å². The highest BCUT2D eigenvalue weighted by molar-refractivity contribution is 6.74. The number of ether oxygens (including phenoxy) is 2. The Morgan fingerprint density at radius 1 is 1.24 bits per heavy atom. The van der Waals surface area contributed by atoms with Crippen molar-refractivity contribution in [2.75, 3.05) is 6.61 Å². The molecule has 3 atom stereocenters. The third kappa shape index (κ3) is 4.48. The van der Waals surface area contributed by atoms with Gasteiger partial charge in [-0.1, -0.05) is 27.7 Å². The molecule has 1 saturated heterocycles. The highest BCUT2D eigenvalue weighted by Gasteiger charge is 2.63. The molecule has 1 fully saturated rings. The number of hydroxylamine groups is 2. The van der Waals surface area contributed by atoms with Gasteiger partial charge in [0.15, 0.2) is 0 Å². The number of carbonyl (C=O) groups excluding carboxylic acids is 2. The zero-order valence-electron chi connectivity index (χ0n) is 19.5. The zero-order valence-corrected chi connectivity index (χ0v) is 20.5. The van der Waals surface area contributed by atoms with Gasteiger partial charge in [0.05, 0.1) is 12.6 Å². The van der Waals surface area contributed by atoms with Gasteiger partial charge in [0.1, 0.15) is 11.4 Å². The van der Waals surface area contributed by atoms with Gasteiger partial charge in [-0.3, -0.25) is 0 Å². The lowest BCUT2D eigenvalue weighted by Crippen LogP contribution is -2.66. The van der Waals surface area contributed by atoms with Crippen LogP contribution in [0.2, 0.25) is 18.1 Å². The summed E-state index contributed by atoms with van der Waals surface area (Å²) in [5.74, 6) is -0.287. The standard InChI is InChI=1S/C21H37NO6Si/c1-11-25-17(23)21-14(2)12-15(22(28-21)18(24)26-19(3,4)5)13-16(21)27-29(9,10)20(6,7)8/h13-15H,11-12H2,1-10H3/t14-,15-,21+/m1/s1. The molecule has 0 aromatic carbocycles. The van der Waals surface area contributed by atoms with Crippen molar-refractivity contribution in [3.63, 3.8) is 0 Å². The molecule has 166 valence electrons. The van der Waals surface area contributed by atoms with Gasteiger partial charge in [-0.2, -0.15) is 5.06 Å². The third-order valence-corrected chi connectivity index (χ3v) is 10.2. The summed E-state index contributed by atoms with van der Waals surface area (Å²) in [5.41, 5.74) is -2.17. The van der Waals surface area contributed by atoms with Crippen LogP contribution in [0.15, 0.2) is 11.8 Å². The van der Waals surface area contributed by atoms with Crippen molar-refractivity contribution >= 4 is 20.4 Å². The van der Waals surface area contributed by atoms with Crippen LogP contribution in [0.1, 0.15) is 61.8 Å². The van der Waals surface area contributed by atoms with Crippen LogP contribution in [0.5, 0.6) is 0 Å². The smallest absolute Gasteiger partial charge is 0.435 e. The van der Waals surface area contributed by atoms with E-state index in [0.29, 0.717) is 12.2 Å². The van der Waals surface area contributed by atoms with E-state index in [0.717, 1.165) is 0 Å². The molecule has 0 unspecified atom stereocenters. The Hall–Kier alpha value is -1.54. The van der Waals surface area contributed by atoms with Crippen molar-refractivity contribution in [3.05, 3.63) is 11.8 Å². The van der Waals surface area contributed by atoms with Gasteiger partial charge >= 0.3 is 12.1 Å². The zero-order chi connectivity index (χ0) is 22.4. The van der Waals surface area contributed by atoms with E-state index in [4.69, 9.17) is 18.7 Å². The van der Waals surface area contributed by atoms with E-state index in [-0.39, 0.29) is 23.6 Å². The minimum atomic E-state index is -2.25. The average molecular weight is 428 g/mol. The fraction of sp³-hybridized carbons (Fsp3) is 0.810. The molecule has 1 aliphatic carbocycles. The average Bonchev–Trinajstić information content (AvgIpc) is 2.52. The number of rotatable bonds is 4. The summed E-state index contributed by atoms with van der Waals surface area (Å²) in [6, 6.07) is -0.365. The van der Waals surface area contributed by atoms with Crippen LogP contribution < -0.4 is 0 Å². The summed E-state index contributed by atoms with van der Waals surface area (Å²) in [6.45, 7) is 19.9. The second kappa shape index (κ2) is 7.61. The summed E-state index contributed by atoms with van der Waals surface area (Å²) in [4.78, 5) is 32.0. The number of hydrogen-bond acceptors (Lipinski definition) is 6. The van der Waals surface area contributed by atoms with Gasteiger partial charge in [0, 0.05) is 5.92 Å². The predicted octanol–water partition coefficient (Wildman–Crippen LogP) is 4.78. The number of fused-ring (bicyclic) bond motifs is 2. The number of carbonyl (C=O) groups is 2. The lowest BCUT2D eigenvalue weighted by Gasteiger charge is -2.53. The minimum Gasteiger partial charge on any atom is -0.544 e. The van der Waals surface area contributed by atoms with E-state index in [2.05, 4.69) is 33.9 Å². The monoisotopic (exact) mass is 427 g/mol. The second-order valence-corrected chi connectivity index (χ2v) is 15.2. The Morgan fingerprint density at radius 3 is 2.31 bits per heavy atom. The first-order valence-corrected chi connectivity index (χ1v) is 13.3. The largest absolute Gasteiger partial charge is 0.544 e. The molecule has 0 aromatic heterocycles. The predicted molar refractivity (Wildman–Crippen MR) is 112 cm³/mol. The fourth-order valence-electron chi connectivity index (χ4n) is 3.25. The van der Waals surface area contributed by atoms with Gasteiger partial charge in [-0.25, -0.2) is 14.4 Å². The van der Waals surface area contributed by atoms with Crippen molar-refractivity contribution in [1.29, 1.82) is 0 Å². The van der Waals surface area contributed by atoms with Crippen LogP contribution in [0.25, 0.3) is 0 Å². The van der Waals surface area contributed by atoms with E-state index in [1.807, 2.05) is 13.0 Å². The summed E-state index contributed by atoms with van der Waals surface area (Å²) in [7, 11) is -2.25. The Morgan fingerprint density at radius 2 is 1.83 bits per heavy atom. The molecule has 2 aliphatic heterocycles. The van der Waals surface area contributed by atoms with Crippen LogP contribution in [-0.4, -0.2) is 49.3 Å². The molecule has 7 nitrogen and oxygen atoms in total. The van der Waals surface area contributed by atoms with Gasteiger partial charge in [-0.05, 0) is 58.3 Å². The molecule has 0 N–H and O–H groups in total. The van der Waals surface area contributed by atoms with E-state index in [1.165, 1.54) is 5.06 Å². The molecule has 0 saturated carbocycles. The Kier molecular flexibility index (Phi) is 6.23. The van der Waals surface area contributed by atoms with Gasteiger partial charge in [0.2, 0.25) is 13.9 Å². The molecule has 29 heavy (non-hydrogen) atoms. The van der Waals surface area contributed by atoms with E-state index >= 15 is 0 Å². The SMILES string of the molecule is CCOC(=O)[C@@]12ON(C(=O)OC(C)(C)C)[C@@H](C=C1O[Si](C)(C)C(C)(C)C)C[C@H]2C. The van der Waals surface area contributed by atoms with Crippen molar-refractivity contribution in [1.82, 2.24) is 5.06 Å². The van der Waals surface area contributed by atoms with Crippen LogP contribution >= 0.6 is 0 Å². The second-order valence-electron chi connectivity index (χ2n) is 10.5. The van der Waals surface area contributed by atoms with Gasteiger partial charge in [-0.15, -0.1) is 0 Å². The maximum absolute atomic E-state index is 13.2. The molecular formula is C21H37NO6Si. The molecule has 0 radical (unpaired) electrons. The van der Waals surface area contributed by atoms with Crippen molar-refractivity contribution < 1.29 is 28.3 Å². The summed E-state index contributed by atoms with van der Waals surface area (Å²) < 4.78 is 17.4. The van der Waals surface area contributed by atoms with E-state index in [9.17, 15) is 9.59 Å². The normalized spacial score (nSPS) is 27.4. The lowest BCUT2D eigenvalue weighted by molar-refractivity contribution is -0.288. The van der Waals surface area contributed by atoms with Gasteiger partial charge < -0.3 is 13.9 Å². The number of nitrogens with zero attached hydrogens (tertiary/aromatic N) is 1. The Labute approximate surface area is 175 Å². The number of esters is 1. The number of amides is 1. The maximum Gasteiger partial charge on any atom is 0.435 e. The molecule has 3 aliphatic rings. The van der Waals surface area contributed by atoms with Crippen LogP contribution in [0, 0.1) is 5.92 Å². The summed E-state index contributed by atoms with van der Waals surface area (Å²) in [6.07, 6.45) is 1.78. The first-order valence-electron chi connectivity index (χ1n) is 10.3. The summed E-state index contributed by atoms with van der Waals surface area (Å²) in [5, 5.41) is 1.11. The first-order chi connectivity index (χ1) is 13.0. The van der Waals surface area contributed by atoms with Gasteiger partial charge in [0.25, 0.3) is 0 Å². The molecule has 0 aromatic rings. The molecular weight excluding hydrogens is 390 g/mol. The quantitative estimate of drug-likeness (QED) is 0.475. The molecule has 2 heterocycles. The van der Waals surface area contributed by atoms with Crippen LogP contribution in [0.3, 0.4) is 0 Å². The molecule has 2 bridgehead atoms. The highest BCUT2D eigenvalue weighted by Crippen LogP contribution is 2.49. The van der Waals surface area contributed by atoms with E-state index in [1.54, 1.807) is 27.7 Å². The first kappa shape index (κ1) is 23.7. The highest BCUT2D eigenvalue weighted by atomic mass is 28.4. The molecule has 8 heteroatoms. The molecule has 3 rings (SSSR count). The number of hydrogen-bond donors (Lipinski definition) is 0. The van der Waals surface area contributed by atoms with E-state index < -0.39 is 31.6 Å². The Bertz CT molecular complexity index is 690. The van der Waals surface area contributed by atoms with Crippen molar-refractivity contribution in [2.24, 2.45) is 5.92 Å².